The summed E-state index contributed by atoms with van der Waals surface area (Å²) in [5, 5.41) is 10.6. The fraction of sp³-hybridized carbons (Fsp3) is 0.333. The number of nitro benzene ring substituents is 1. The van der Waals surface area contributed by atoms with Crippen LogP contribution in [-0.4, -0.2) is 11.5 Å². The molecule has 0 atom stereocenters. The van der Waals surface area contributed by atoms with Crippen molar-refractivity contribution in [1.29, 1.82) is 0 Å². The standard InChI is InChI=1S/C9H11BrN2O3/c1-2-5-15-9-6(10)3-4-7(8(9)11)12(13)14/h3-4H,2,5,11H2,1H3. The van der Waals surface area contributed by atoms with Crippen molar-refractivity contribution in [2.75, 3.05) is 12.3 Å². The van der Waals surface area contributed by atoms with E-state index in [-0.39, 0.29) is 11.4 Å². The second-order valence-electron chi connectivity index (χ2n) is 2.91. The van der Waals surface area contributed by atoms with Gasteiger partial charge in [-0.15, -0.1) is 0 Å². The predicted octanol–water partition coefficient (Wildman–Crippen LogP) is 2.73. The van der Waals surface area contributed by atoms with Crippen LogP contribution in [0.3, 0.4) is 0 Å². The molecule has 1 rings (SSSR count). The molecule has 0 saturated heterocycles. The summed E-state index contributed by atoms with van der Waals surface area (Å²) >= 11 is 3.23. The quantitative estimate of drug-likeness (QED) is 0.520. The number of halogens is 1. The molecule has 0 unspecified atom stereocenters. The van der Waals surface area contributed by atoms with Crippen LogP contribution in [0.1, 0.15) is 13.3 Å². The summed E-state index contributed by atoms with van der Waals surface area (Å²) in [7, 11) is 0. The van der Waals surface area contributed by atoms with E-state index in [2.05, 4.69) is 15.9 Å². The number of nitro groups is 1. The summed E-state index contributed by atoms with van der Waals surface area (Å²) < 4.78 is 5.96. The molecule has 0 amide bonds. The molecular formula is C9H11BrN2O3. The molecule has 0 aliphatic rings. The first-order chi connectivity index (χ1) is 7.07. The first-order valence-corrected chi connectivity index (χ1v) is 5.22. The summed E-state index contributed by atoms with van der Waals surface area (Å²) in [5.41, 5.74) is 5.55. The maximum Gasteiger partial charge on any atom is 0.296 e. The number of nitrogens with two attached hydrogens (primary N) is 1. The predicted molar refractivity (Wildman–Crippen MR) is 61.0 cm³/mol. The normalized spacial score (nSPS) is 10.0. The van der Waals surface area contributed by atoms with Crippen LogP contribution < -0.4 is 10.5 Å². The van der Waals surface area contributed by atoms with Crippen molar-refractivity contribution >= 4 is 27.3 Å². The Kier molecular flexibility index (Phi) is 3.90. The number of benzene rings is 1. The molecule has 0 aromatic heterocycles. The highest BCUT2D eigenvalue weighted by Gasteiger charge is 2.18. The molecule has 1 aromatic carbocycles. The lowest BCUT2D eigenvalue weighted by molar-refractivity contribution is -0.384. The molecule has 5 nitrogen and oxygen atoms in total. The van der Waals surface area contributed by atoms with Gasteiger partial charge in [0.1, 0.15) is 0 Å². The van der Waals surface area contributed by atoms with Gasteiger partial charge in [-0.2, -0.15) is 0 Å². The third-order valence-electron chi connectivity index (χ3n) is 1.77. The first kappa shape index (κ1) is 11.8. The number of anilines is 1. The Morgan fingerprint density at radius 2 is 2.27 bits per heavy atom. The Balaban J connectivity index is 3.12. The second kappa shape index (κ2) is 4.97. The average Bonchev–Trinajstić information content (AvgIpc) is 2.17. The first-order valence-electron chi connectivity index (χ1n) is 4.43. The van der Waals surface area contributed by atoms with Gasteiger partial charge in [-0.3, -0.25) is 10.1 Å². The van der Waals surface area contributed by atoms with Gasteiger partial charge in [0, 0.05) is 6.07 Å². The van der Waals surface area contributed by atoms with E-state index in [4.69, 9.17) is 10.5 Å². The minimum atomic E-state index is -0.527. The molecule has 0 spiro atoms. The van der Waals surface area contributed by atoms with E-state index in [1.165, 1.54) is 6.07 Å². The van der Waals surface area contributed by atoms with E-state index in [0.717, 1.165) is 6.42 Å². The fourth-order valence-electron chi connectivity index (χ4n) is 1.07. The molecule has 15 heavy (non-hydrogen) atoms. The highest BCUT2D eigenvalue weighted by atomic mass is 79.9. The minimum Gasteiger partial charge on any atom is -0.490 e. The number of ether oxygens (including phenoxy) is 1. The molecule has 82 valence electrons. The number of hydrogen-bond acceptors (Lipinski definition) is 4. The van der Waals surface area contributed by atoms with E-state index < -0.39 is 4.92 Å². The second-order valence-corrected chi connectivity index (χ2v) is 3.77. The summed E-state index contributed by atoms with van der Waals surface area (Å²) in [6, 6.07) is 2.90. The molecule has 0 aliphatic carbocycles. The van der Waals surface area contributed by atoms with Crippen LogP contribution >= 0.6 is 15.9 Å². The molecule has 0 bridgehead atoms. The maximum absolute atomic E-state index is 10.6. The molecule has 0 heterocycles. The summed E-state index contributed by atoms with van der Waals surface area (Å²) in [5.74, 6) is 0.339. The lowest BCUT2D eigenvalue weighted by Crippen LogP contribution is -2.02. The van der Waals surface area contributed by atoms with Crippen LogP contribution in [0.4, 0.5) is 11.4 Å². The topological polar surface area (TPSA) is 78.4 Å². The molecule has 0 aliphatic heterocycles. The molecule has 0 fully saturated rings. The van der Waals surface area contributed by atoms with Gasteiger partial charge in [0.25, 0.3) is 5.69 Å². The summed E-state index contributed by atoms with van der Waals surface area (Å²) in [6.45, 7) is 2.42. The van der Waals surface area contributed by atoms with Gasteiger partial charge in [0.05, 0.1) is 16.0 Å². The highest BCUT2D eigenvalue weighted by molar-refractivity contribution is 9.10. The van der Waals surface area contributed by atoms with Gasteiger partial charge in [-0.25, -0.2) is 0 Å². The van der Waals surface area contributed by atoms with E-state index in [9.17, 15) is 10.1 Å². The van der Waals surface area contributed by atoms with Gasteiger partial charge >= 0.3 is 0 Å². The van der Waals surface area contributed by atoms with Crippen LogP contribution in [0.2, 0.25) is 0 Å². The number of hydrogen-bond donors (Lipinski definition) is 1. The molecule has 2 N–H and O–H groups in total. The van der Waals surface area contributed by atoms with Gasteiger partial charge in [0.2, 0.25) is 0 Å². The maximum atomic E-state index is 10.6. The van der Waals surface area contributed by atoms with Gasteiger partial charge < -0.3 is 10.5 Å². The van der Waals surface area contributed by atoms with Crippen LogP contribution in [0.15, 0.2) is 16.6 Å². The van der Waals surface area contributed by atoms with Crippen molar-refractivity contribution in [1.82, 2.24) is 0 Å². The van der Waals surface area contributed by atoms with Crippen molar-refractivity contribution in [3.63, 3.8) is 0 Å². The van der Waals surface area contributed by atoms with E-state index in [0.29, 0.717) is 16.8 Å². The largest absolute Gasteiger partial charge is 0.490 e. The van der Waals surface area contributed by atoms with Crippen LogP contribution in [0.5, 0.6) is 5.75 Å². The lowest BCUT2D eigenvalue weighted by atomic mass is 10.2. The van der Waals surface area contributed by atoms with Crippen molar-refractivity contribution < 1.29 is 9.66 Å². The third-order valence-corrected chi connectivity index (χ3v) is 2.40. The third kappa shape index (κ3) is 2.59. The number of rotatable bonds is 4. The van der Waals surface area contributed by atoms with E-state index >= 15 is 0 Å². The fourth-order valence-corrected chi connectivity index (χ4v) is 1.53. The zero-order valence-corrected chi connectivity index (χ0v) is 9.78. The van der Waals surface area contributed by atoms with E-state index in [1.807, 2.05) is 6.92 Å². The van der Waals surface area contributed by atoms with Gasteiger partial charge in [-0.05, 0) is 28.4 Å². The molecule has 6 heteroatoms. The average molecular weight is 275 g/mol. The van der Waals surface area contributed by atoms with Crippen molar-refractivity contribution in [2.24, 2.45) is 0 Å². The van der Waals surface area contributed by atoms with Crippen LogP contribution in [-0.2, 0) is 0 Å². The highest BCUT2D eigenvalue weighted by Crippen LogP contribution is 2.37. The van der Waals surface area contributed by atoms with Gasteiger partial charge in [0.15, 0.2) is 11.4 Å². The monoisotopic (exact) mass is 274 g/mol. The SMILES string of the molecule is CCCOc1c(Br)ccc([N+](=O)[O-])c1N. The molecule has 0 radical (unpaired) electrons. The number of nitrogen functional groups attached to an aromatic ring is 1. The van der Waals surface area contributed by atoms with Crippen molar-refractivity contribution in [2.45, 2.75) is 13.3 Å². The molecule has 0 saturated carbocycles. The Hall–Kier alpha value is -1.30. The van der Waals surface area contributed by atoms with E-state index in [1.54, 1.807) is 6.07 Å². The Morgan fingerprint density at radius 1 is 1.60 bits per heavy atom. The minimum absolute atomic E-state index is 0.0582. The Bertz CT molecular complexity index is 382. The Labute approximate surface area is 95.5 Å². The van der Waals surface area contributed by atoms with Crippen LogP contribution in [0, 0.1) is 10.1 Å². The molecular weight excluding hydrogens is 264 g/mol. The molecule has 1 aromatic rings. The van der Waals surface area contributed by atoms with Crippen LogP contribution in [0.25, 0.3) is 0 Å². The smallest absolute Gasteiger partial charge is 0.296 e. The number of nitrogens with zero attached hydrogens (tertiary/aromatic N) is 1. The van der Waals surface area contributed by atoms with Crippen molar-refractivity contribution in [3.05, 3.63) is 26.7 Å². The lowest BCUT2D eigenvalue weighted by Gasteiger charge is -2.09. The van der Waals surface area contributed by atoms with Gasteiger partial charge in [-0.1, -0.05) is 6.92 Å². The summed E-state index contributed by atoms with van der Waals surface area (Å²) in [6.07, 6.45) is 0.814. The Morgan fingerprint density at radius 3 is 2.80 bits per heavy atom. The zero-order valence-electron chi connectivity index (χ0n) is 8.20. The van der Waals surface area contributed by atoms with Crippen molar-refractivity contribution in [3.8, 4) is 5.75 Å². The zero-order chi connectivity index (χ0) is 11.4. The summed E-state index contributed by atoms with van der Waals surface area (Å²) in [4.78, 5) is 10.1.